The molecule has 0 radical (unpaired) electrons. The van der Waals surface area contributed by atoms with Gasteiger partial charge in [0.15, 0.2) is 6.29 Å². The van der Waals surface area contributed by atoms with Crippen LogP contribution < -0.4 is 0 Å². The standard InChI is InChI=1S/C16H21NO/c1-2-3-4-5-6-11-17-12-10-15-14(13-18)8-7-9-16(15)17/h7-10,12-13H,2-6,11H2,1H3. The molecule has 0 fully saturated rings. The third kappa shape index (κ3) is 2.81. The Labute approximate surface area is 109 Å². The highest BCUT2D eigenvalue weighted by Crippen LogP contribution is 2.19. The molecule has 96 valence electrons. The fourth-order valence-electron chi connectivity index (χ4n) is 2.43. The smallest absolute Gasteiger partial charge is 0.150 e. The predicted molar refractivity (Wildman–Crippen MR) is 76.1 cm³/mol. The van der Waals surface area contributed by atoms with E-state index >= 15 is 0 Å². The van der Waals surface area contributed by atoms with E-state index in [1.165, 1.54) is 37.6 Å². The first-order chi connectivity index (χ1) is 8.86. The van der Waals surface area contributed by atoms with Crippen LogP contribution in [-0.2, 0) is 6.54 Å². The van der Waals surface area contributed by atoms with Gasteiger partial charge in [0.2, 0.25) is 0 Å². The van der Waals surface area contributed by atoms with Crippen molar-refractivity contribution < 1.29 is 4.79 Å². The number of unbranched alkanes of at least 4 members (excludes halogenated alkanes) is 4. The molecule has 0 atom stereocenters. The van der Waals surface area contributed by atoms with Crippen molar-refractivity contribution in [3.63, 3.8) is 0 Å². The topological polar surface area (TPSA) is 22.0 Å². The highest BCUT2D eigenvalue weighted by molar-refractivity contribution is 5.97. The lowest BCUT2D eigenvalue weighted by Gasteiger charge is -2.05. The molecule has 0 saturated heterocycles. The van der Waals surface area contributed by atoms with E-state index in [-0.39, 0.29) is 0 Å². The van der Waals surface area contributed by atoms with E-state index in [1.807, 2.05) is 18.2 Å². The lowest BCUT2D eigenvalue weighted by molar-refractivity contribution is 0.112. The number of carbonyl (C=O) groups excluding carboxylic acids is 1. The number of aldehydes is 1. The van der Waals surface area contributed by atoms with E-state index in [0.29, 0.717) is 0 Å². The second kappa shape index (κ2) is 6.39. The highest BCUT2D eigenvalue weighted by atomic mass is 16.1. The lowest BCUT2D eigenvalue weighted by Crippen LogP contribution is -1.96. The fourth-order valence-corrected chi connectivity index (χ4v) is 2.43. The van der Waals surface area contributed by atoms with Crippen molar-refractivity contribution in [3.05, 3.63) is 36.0 Å². The molecule has 0 aliphatic carbocycles. The number of hydrogen-bond donors (Lipinski definition) is 0. The summed E-state index contributed by atoms with van der Waals surface area (Å²) in [5, 5.41) is 1.07. The number of rotatable bonds is 7. The second-order valence-corrected chi connectivity index (χ2v) is 4.82. The Hall–Kier alpha value is -1.57. The Balaban J connectivity index is 2.03. The third-order valence-electron chi connectivity index (χ3n) is 3.48. The zero-order valence-corrected chi connectivity index (χ0v) is 11.1. The van der Waals surface area contributed by atoms with Gasteiger partial charge in [-0.25, -0.2) is 0 Å². The molecule has 18 heavy (non-hydrogen) atoms. The van der Waals surface area contributed by atoms with Crippen LogP contribution in [0.3, 0.4) is 0 Å². The summed E-state index contributed by atoms with van der Waals surface area (Å²) in [5.41, 5.74) is 1.97. The van der Waals surface area contributed by atoms with Gasteiger partial charge in [-0.05, 0) is 18.6 Å². The Morgan fingerprint density at radius 2 is 1.94 bits per heavy atom. The SMILES string of the molecule is CCCCCCCn1ccc2c(C=O)cccc21. The predicted octanol–water partition coefficient (Wildman–Crippen LogP) is 4.42. The van der Waals surface area contributed by atoms with E-state index < -0.39 is 0 Å². The van der Waals surface area contributed by atoms with Crippen LogP contribution in [0.5, 0.6) is 0 Å². The number of benzene rings is 1. The lowest BCUT2D eigenvalue weighted by atomic mass is 10.1. The van der Waals surface area contributed by atoms with Crippen molar-refractivity contribution in [2.45, 2.75) is 45.6 Å². The van der Waals surface area contributed by atoms with Crippen molar-refractivity contribution in [3.8, 4) is 0 Å². The molecule has 0 unspecified atom stereocenters. The number of aryl methyl sites for hydroxylation is 1. The van der Waals surface area contributed by atoms with Crippen molar-refractivity contribution in [2.75, 3.05) is 0 Å². The summed E-state index contributed by atoms with van der Waals surface area (Å²) in [6.45, 7) is 3.29. The van der Waals surface area contributed by atoms with Crippen LogP contribution in [0.1, 0.15) is 49.4 Å². The Kier molecular flexibility index (Phi) is 4.57. The number of carbonyl (C=O) groups is 1. The molecule has 0 saturated carbocycles. The highest BCUT2D eigenvalue weighted by Gasteiger charge is 2.04. The Morgan fingerprint density at radius 1 is 1.11 bits per heavy atom. The van der Waals surface area contributed by atoms with Crippen LogP contribution in [0.15, 0.2) is 30.5 Å². The monoisotopic (exact) mass is 243 g/mol. The van der Waals surface area contributed by atoms with Gasteiger partial charge >= 0.3 is 0 Å². The van der Waals surface area contributed by atoms with Crippen LogP contribution >= 0.6 is 0 Å². The maximum absolute atomic E-state index is 11.0. The zero-order chi connectivity index (χ0) is 12.8. The number of hydrogen-bond acceptors (Lipinski definition) is 1. The minimum atomic E-state index is 0.789. The normalized spacial score (nSPS) is 10.9. The van der Waals surface area contributed by atoms with Gasteiger partial charge in [-0.3, -0.25) is 4.79 Å². The number of fused-ring (bicyclic) bond motifs is 1. The molecule has 0 amide bonds. The number of aromatic nitrogens is 1. The molecule has 0 aliphatic rings. The van der Waals surface area contributed by atoms with Gasteiger partial charge in [0.1, 0.15) is 0 Å². The van der Waals surface area contributed by atoms with Gasteiger partial charge in [0.25, 0.3) is 0 Å². The van der Waals surface area contributed by atoms with Crippen LogP contribution in [0.4, 0.5) is 0 Å². The van der Waals surface area contributed by atoms with Gasteiger partial charge in [0.05, 0.1) is 0 Å². The Morgan fingerprint density at radius 3 is 2.72 bits per heavy atom. The fraction of sp³-hybridized carbons (Fsp3) is 0.438. The molecular weight excluding hydrogens is 222 g/mol. The maximum atomic E-state index is 11.0. The van der Waals surface area contributed by atoms with Gasteiger partial charge < -0.3 is 4.57 Å². The molecule has 0 bridgehead atoms. The quantitative estimate of drug-likeness (QED) is 0.521. The summed E-state index contributed by atoms with van der Waals surface area (Å²) < 4.78 is 2.26. The summed E-state index contributed by atoms with van der Waals surface area (Å²) in [6.07, 6.45) is 9.49. The molecule has 0 spiro atoms. The van der Waals surface area contributed by atoms with Crippen molar-refractivity contribution in [1.82, 2.24) is 4.57 Å². The van der Waals surface area contributed by atoms with Crippen molar-refractivity contribution in [1.29, 1.82) is 0 Å². The van der Waals surface area contributed by atoms with Gasteiger partial charge in [0, 0.05) is 29.2 Å². The minimum absolute atomic E-state index is 0.789. The molecule has 2 rings (SSSR count). The zero-order valence-electron chi connectivity index (χ0n) is 11.1. The molecule has 1 aromatic carbocycles. The summed E-state index contributed by atoms with van der Waals surface area (Å²) in [7, 11) is 0. The first kappa shape index (κ1) is 12.9. The van der Waals surface area contributed by atoms with Crippen molar-refractivity contribution in [2.24, 2.45) is 0 Å². The van der Waals surface area contributed by atoms with Gasteiger partial charge in [-0.2, -0.15) is 0 Å². The summed E-state index contributed by atoms with van der Waals surface area (Å²) in [5.74, 6) is 0. The minimum Gasteiger partial charge on any atom is -0.347 e. The van der Waals surface area contributed by atoms with E-state index in [2.05, 4.69) is 23.8 Å². The molecule has 1 aromatic heterocycles. The van der Waals surface area contributed by atoms with Crippen LogP contribution in [0, 0.1) is 0 Å². The van der Waals surface area contributed by atoms with Crippen molar-refractivity contribution >= 4 is 17.2 Å². The third-order valence-corrected chi connectivity index (χ3v) is 3.48. The molecule has 2 heteroatoms. The average molecular weight is 243 g/mol. The molecule has 1 heterocycles. The van der Waals surface area contributed by atoms with Crippen LogP contribution in [-0.4, -0.2) is 10.9 Å². The largest absolute Gasteiger partial charge is 0.347 e. The maximum Gasteiger partial charge on any atom is 0.150 e. The summed E-state index contributed by atoms with van der Waals surface area (Å²) in [4.78, 5) is 11.0. The Bertz CT molecular complexity index is 513. The second-order valence-electron chi connectivity index (χ2n) is 4.82. The van der Waals surface area contributed by atoms with E-state index in [9.17, 15) is 4.79 Å². The van der Waals surface area contributed by atoms with E-state index in [4.69, 9.17) is 0 Å². The van der Waals surface area contributed by atoms with E-state index in [1.54, 1.807) is 0 Å². The van der Waals surface area contributed by atoms with Gasteiger partial charge in [-0.15, -0.1) is 0 Å². The summed E-state index contributed by atoms with van der Waals surface area (Å²) >= 11 is 0. The molecule has 2 aromatic rings. The molecule has 0 N–H and O–H groups in total. The summed E-state index contributed by atoms with van der Waals surface area (Å²) in [6, 6.07) is 7.97. The molecular formula is C16H21NO. The molecule has 2 nitrogen and oxygen atoms in total. The first-order valence-electron chi connectivity index (χ1n) is 6.90. The molecule has 0 aliphatic heterocycles. The van der Waals surface area contributed by atoms with E-state index in [0.717, 1.165) is 23.8 Å². The average Bonchev–Trinajstić information content (AvgIpc) is 2.82. The first-order valence-corrected chi connectivity index (χ1v) is 6.90. The van der Waals surface area contributed by atoms with Crippen LogP contribution in [0.25, 0.3) is 10.9 Å². The van der Waals surface area contributed by atoms with Crippen LogP contribution in [0.2, 0.25) is 0 Å². The number of nitrogens with zero attached hydrogens (tertiary/aromatic N) is 1. The van der Waals surface area contributed by atoms with Gasteiger partial charge in [-0.1, -0.05) is 44.7 Å².